The molecule has 3 aromatic rings. The number of rotatable bonds is 6. The van der Waals surface area contributed by atoms with Gasteiger partial charge in [-0.05, 0) is 55.9 Å². The highest BCUT2D eigenvalue weighted by atomic mass is 16.4. The van der Waals surface area contributed by atoms with Gasteiger partial charge < -0.3 is 15.0 Å². The van der Waals surface area contributed by atoms with E-state index in [-0.39, 0.29) is 12.5 Å². The number of aromatic amines is 1. The van der Waals surface area contributed by atoms with Gasteiger partial charge in [-0.3, -0.25) is 9.59 Å². The molecule has 1 aliphatic rings. The fourth-order valence-electron chi connectivity index (χ4n) is 4.32. The van der Waals surface area contributed by atoms with Gasteiger partial charge in [-0.2, -0.15) is 0 Å². The number of carbonyl (C=O) groups excluding carboxylic acids is 1. The number of carbonyl (C=O) groups is 2. The van der Waals surface area contributed by atoms with E-state index in [0.29, 0.717) is 31.4 Å². The number of imidazole rings is 1. The van der Waals surface area contributed by atoms with Crippen LogP contribution in [0.4, 0.5) is 0 Å². The lowest BCUT2D eigenvalue weighted by Gasteiger charge is -2.40. The van der Waals surface area contributed by atoms with Gasteiger partial charge in [0.2, 0.25) is 0 Å². The summed E-state index contributed by atoms with van der Waals surface area (Å²) in [5, 5.41) is 10.0. The van der Waals surface area contributed by atoms with Crippen molar-refractivity contribution in [1.82, 2.24) is 14.9 Å². The van der Waals surface area contributed by atoms with Gasteiger partial charge in [-0.1, -0.05) is 30.3 Å². The van der Waals surface area contributed by atoms with Crippen molar-refractivity contribution < 1.29 is 14.7 Å². The summed E-state index contributed by atoms with van der Waals surface area (Å²) < 4.78 is 0. The van der Waals surface area contributed by atoms with Crippen LogP contribution in [-0.2, 0) is 11.2 Å². The molecule has 6 nitrogen and oxygen atoms in total. The van der Waals surface area contributed by atoms with Crippen molar-refractivity contribution in [2.75, 3.05) is 13.1 Å². The molecule has 1 amide bonds. The minimum Gasteiger partial charge on any atom is -0.481 e. The Labute approximate surface area is 169 Å². The quantitative estimate of drug-likeness (QED) is 0.667. The average Bonchev–Trinajstić information content (AvgIpc) is 3.22. The smallest absolute Gasteiger partial charge is 0.311 e. The van der Waals surface area contributed by atoms with Gasteiger partial charge in [-0.15, -0.1) is 0 Å². The summed E-state index contributed by atoms with van der Waals surface area (Å²) >= 11 is 0. The van der Waals surface area contributed by atoms with Gasteiger partial charge in [0.1, 0.15) is 0 Å². The number of aryl methyl sites for hydroxylation is 1. The van der Waals surface area contributed by atoms with Crippen molar-refractivity contribution in [3.05, 3.63) is 66.0 Å². The standard InChI is InChI=1S/C23H25N3O3/c27-21(18-9-10-19-20(14-18)25-16-24-19)26-13-5-12-23(15-26,22(28)29)11-4-8-17-6-2-1-3-7-17/h1-3,6-7,9-10,14,16H,4-5,8,11-13,15H2,(H,24,25)(H,28,29)/t23-/m0/s1. The summed E-state index contributed by atoms with van der Waals surface area (Å²) in [5.41, 5.74) is 2.51. The van der Waals surface area contributed by atoms with Gasteiger partial charge in [0.25, 0.3) is 5.91 Å². The molecular weight excluding hydrogens is 366 g/mol. The first-order valence-electron chi connectivity index (χ1n) is 10.1. The monoisotopic (exact) mass is 391 g/mol. The van der Waals surface area contributed by atoms with E-state index in [4.69, 9.17) is 0 Å². The van der Waals surface area contributed by atoms with Gasteiger partial charge in [0.15, 0.2) is 0 Å². The number of piperidine rings is 1. The number of carboxylic acid groups (broad SMARTS) is 1. The number of aliphatic carboxylic acids is 1. The van der Waals surface area contributed by atoms with Crippen molar-refractivity contribution in [2.24, 2.45) is 5.41 Å². The highest BCUT2D eigenvalue weighted by molar-refractivity contribution is 5.97. The number of H-pyrrole nitrogens is 1. The first kappa shape index (κ1) is 19.2. The molecule has 0 unspecified atom stereocenters. The molecule has 4 rings (SSSR count). The Morgan fingerprint density at radius 1 is 1.17 bits per heavy atom. The normalized spacial score (nSPS) is 19.4. The summed E-state index contributed by atoms with van der Waals surface area (Å²) in [5.74, 6) is -0.915. The summed E-state index contributed by atoms with van der Waals surface area (Å²) in [6.45, 7) is 0.852. The second-order valence-electron chi connectivity index (χ2n) is 7.89. The van der Waals surface area contributed by atoms with Gasteiger partial charge >= 0.3 is 5.97 Å². The van der Waals surface area contributed by atoms with Crippen LogP contribution in [0.25, 0.3) is 11.0 Å². The lowest BCUT2D eigenvalue weighted by Crippen LogP contribution is -2.50. The molecule has 6 heteroatoms. The van der Waals surface area contributed by atoms with Crippen LogP contribution < -0.4 is 0 Å². The van der Waals surface area contributed by atoms with Crippen LogP contribution in [-0.4, -0.2) is 44.9 Å². The molecule has 0 radical (unpaired) electrons. The number of aromatic nitrogens is 2. The van der Waals surface area contributed by atoms with Crippen molar-refractivity contribution in [1.29, 1.82) is 0 Å². The molecule has 1 aliphatic heterocycles. The van der Waals surface area contributed by atoms with Crippen LogP contribution in [0, 0.1) is 5.41 Å². The van der Waals surface area contributed by atoms with E-state index in [1.807, 2.05) is 24.3 Å². The zero-order valence-electron chi connectivity index (χ0n) is 16.3. The van der Waals surface area contributed by atoms with Gasteiger partial charge in [0, 0.05) is 18.7 Å². The number of nitrogens with zero attached hydrogens (tertiary/aromatic N) is 2. The van der Waals surface area contributed by atoms with Gasteiger partial charge in [-0.25, -0.2) is 4.98 Å². The Hall–Kier alpha value is -3.15. The maximum absolute atomic E-state index is 13.1. The van der Waals surface area contributed by atoms with Crippen LogP contribution >= 0.6 is 0 Å². The van der Waals surface area contributed by atoms with Crippen LogP contribution in [0.3, 0.4) is 0 Å². The topological polar surface area (TPSA) is 86.3 Å². The fourth-order valence-corrected chi connectivity index (χ4v) is 4.32. The molecule has 150 valence electrons. The predicted octanol–water partition coefficient (Wildman–Crippen LogP) is 3.89. The molecule has 0 spiro atoms. The van der Waals surface area contributed by atoms with Crippen molar-refractivity contribution >= 4 is 22.9 Å². The Morgan fingerprint density at radius 2 is 2.00 bits per heavy atom. The SMILES string of the molecule is O=C(c1ccc2nc[nH]c2c1)N1CCC[C@](CCCc2ccccc2)(C(=O)O)C1. The molecule has 2 aromatic carbocycles. The Morgan fingerprint density at radius 3 is 2.79 bits per heavy atom. The zero-order chi connectivity index (χ0) is 20.3. The third-order valence-electron chi connectivity index (χ3n) is 5.95. The number of fused-ring (bicyclic) bond motifs is 1. The third kappa shape index (κ3) is 4.01. The molecule has 0 aliphatic carbocycles. The average molecular weight is 391 g/mol. The molecule has 2 N–H and O–H groups in total. The van der Waals surface area contributed by atoms with E-state index in [2.05, 4.69) is 22.1 Å². The molecule has 1 aromatic heterocycles. The van der Waals surface area contributed by atoms with Crippen molar-refractivity contribution in [2.45, 2.75) is 32.1 Å². The van der Waals surface area contributed by atoms with E-state index in [1.54, 1.807) is 23.4 Å². The summed E-state index contributed by atoms with van der Waals surface area (Å²) in [6.07, 6.45) is 5.12. The van der Waals surface area contributed by atoms with Gasteiger partial charge in [0.05, 0.1) is 22.8 Å². The summed E-state index contributed by atoms with van der Waals surface area (Å²) in [6, 6.07) is 15.5. The third-order valence-corrected chi connectivity index (χ3v) is 5.95. The molecule has 0 bridgehead atoms. The first-order valence-corrected chi connectivity index (χ1v) is 10.1. The minimum atomic E-state index is -0.874. The Balaban J connectivity index is 1.47. The molecule has 29 heavy (non-hydrogen) atoms. The highest BCUT2D eigenvalue weighted by Gasteiger charge is 2.43. The highest BCUT2D eigenvalue weighted by Crippen LogP contribution is 2.36. The number of likely N-dealkylation sites (tertiary alicyclic amines) is 1. The number of benzene rings is 2. The van der Waals surface area contributed by atoms with Crippen molar-refractivity contribution in [3.8, 4) is 0 Å². The van der Waals surface area contributed by atoms with Crippen LogP contribution in [0.2, 0.25) is 0 Å². The fraction of sp³-hybridized carbons (Fsp3) is 0.348. The molecular formula is C23H25N3O3. The largest absolute Gasteiger partial charge is 0.481 e. The summed E-state index contributed by atoms with van der Waals surface area (Å²) in [7, 11) is 0. The summed E-state index contributed by atoms with van der Waals surface area (Å²) in [4.78, 5) is 34.2. The lowest BCUT2D eigenvalue weighted by atomic mass is 9.75. The second kappa shape index (κ2) is 8.07. The molecule has 1 fully saturated rings. The van der Waals surface area contributed by atoms with E-state index in [1.165, 1.54) is 5.56 Å². The number of nitrogens with one attached hydrogen (secondary N) is 1. The van der Waals surface area contributed by atoms with E-state index < -0.39 is 11.4 Å². The Bertz CT molecular complexity index is 1010. The number of amides is 1. The number of carboxylic acids is 1. The molecule has 1 saturated heterocycles. The number of hydrogen-bond acceptors (Lipinski definition) is 3. The molecule has 2 heterocycles. The molecule has 0 saturated carbocycles. The minimum absolute atomic E-state index is 0.116. The lowest BCUT2D eigenvalue weighted by molar-refractivity contribution is -0.152. The van der Waals surface area contributed by atoms with Crippen LogP contribution in [0.5, 0.6) is 0 Å². The second-order valence-corrected chi connectivity index (χ2v) is 7.89. The van der Waals surface area contributed by atoms with Crippen LogP contribution in [0.15, 0.2) is 54.9 Å². The Kier molecular flexibility index (Phi) is 5.34. The van der Waals surface area contributed by atoms with E-state index in [0.717, 1.165) is 23.9 Å². The van der Waals surface area contributed by atoms with E-state index in [9.17, 15) is 14.7 Å². The van der Waals surface area contributed by atoms with E-state index >= 15 is 0 Å². The maximum Gasteiger partial charge on any atom is 0.311 e. The maximum atomic E-state index is 13.1. The predicted molar refractivity (Wildman–Crippen MR) is 111 cm³/mol. The van der Waals surface area contributed by atoms with Crippen LogP contribution in [0.1, 0.15) is 41.6 Å². The zero-order valence-corrected chi connectivity index (χ0v) is 16.3. The van der Waals surface area contributed by atoms with Crippen molar-refractivity contribution in [3.63, 3.8) is 0 Å². The first-order chi connectivity index (χ1) is 14.1. The molecule has 1 atom stereocenters. The number of hydrogen-bond donors (Lipinski definition) is 2.